The largest absolute Gasteiger partial charge is 0.497 e. The number of anilines is 5. The predicted octanol–water partition coefficient (Wildman–Crippen LogP) is 3.76. The molecule has 0 unspecified atom stereocenters. The maximum Gasteiger partial charge on any atom is 0.233 e. The number of benzene rings is 2. The molecule has 0 atom stereocenters. The summed E-state index contributed by atoms with van der Waals surface area (Å²) in [6, 6.07) is 13.5. The molecular weight excluding hydrogens is 411 g/mol. The smallest absolute Gasteiger partial charge is 0.233 e. The van der Waals surface area contributed by atoms with Crippen LogP contribution in [0.4, 0.5) is 33.6 Å². The van der Waals surface area contributed by atoms with E-state index in [2.05, 4.69) is 25.6 Å². The Hall–Kier alpha value is -3.17. The maximum absolute atomic E-state index is 13.2. The van der Waals surface area contributed by atoms with Gasteiger partial charge in [-0.1, -0.05) is 6.07 Å². The molecule has 0 bridgehead atoms. The van der Waals surface area contributed by atoms with Gasteiger partial charge in [-0.2, -0.15) is 15.0 Å². The zero-order chi connectivity index (χ0) is 20.1. The minimum absolute atomic E-state index is 0. The monoisotopic (exact) mass is 432 g/mol. The van der Waals surface area contributed by atoms with E-state index in [1.807, 2.05) is 29.2 Å². The van der Waals surface area contributed by atoms with E-state index in [-0.39, 0.29) is 18.2 Å². The summed E-state index contributed by atoms with van der Waals surface area (Å²) in [5.74, 6) is 1.71. The number of aromatic nitrogens is 3. The number of ether oxygens (including phenoxy) is 2. The summed E-state index contributed by atoms with van der Waals surface area (Å²) in [5.41, 5.74) is 1.47. The van der Waals surface area contributed by atoms with E-state index in [1.54, 1.807) is 19.2 Å². The Morgan fingerprint density at radius 2 is 1.60 bits per heavy atom. The van der Waals surface area contributed by atoms with Crippen molar-refractivity contribution >= 4 is 41.6 Å². The van der Waals surface area contributed by atoms with Crippen LogP contribution in [0.25, 0.3) is 0 Å². The molecule has 1 aliphatic heterocycles. The third kappa shape index (κ3) is 5.46. The van der Waals surface area contributed by atoms with Gasteiger partial charge in [-0.05, 0) is 36.4 Å². The molecule has 1 aromatic heterocycles. The van der Waals surface area contributed by atoms with Crippen LogP contribution in [0.3, 0.4) is 0 Å². The summed E-state index contributed by atoms with van der Waals surface area (Å²) in [5, 5.41) is 6.30. The lowest BCUT2D eigenvalue weighted by atomic mass is 10.3. The molecule has 4 rings (SSSR count). The first kappa shape index (κ1) is 21.5. The fourth-order valence-electron chi connectivity index (χ4n) is 2.87. The van der Waals surface area contributed by atoms with Crippen molar-refractivity contribution in [2.45, 2.75) is 0 Å². The van der Waals surface area contributed by atoms with Crippen molar-refractivity contribution in [3.05, 3.63) is 54.3 Å². The van der Waals surface area contributed by atoms with Crippen molar-refractivity contribution in [3.63, 3.8) is 0 Å². The molecule has 10 heteroatoms. The number of halogens is 2. The van der Waals surface area contributed by atoms with Gasteiger partial charge in [0, 0.05) is 30.5 Å². The van der Waals surface area contributed by atoms with Gasteiger partial charge in [0.2, 0.25) is 17.8 Å². The van der Waals surface area contributed by atoms with Crippen molar-refractivity contribution in [2.24, 2.45) is 0 Å². The van der Waals surface area contributed by atoms with Crippen molar-refractivity contribution in [1.82, 2.24) is 15.0 Å². The van der Waals surface area contributed by atoms with E-state index in [9.17, 15) is 4.39 Å². The molecule has 0 spiro atoms. The van der Waals surface area contributed by atoms with Crippen LogP contribution in [-0.4, -0.2) is 48.4 Å². The summed E-state index contributed by atoms with van der Waals surface area (Å²) in [4.78, 5) is 15.6. The molecule has 2 N–H and O–H groups in total. The lowest BCUT2D eigenvalue weighted by Gasteiger charge is -2.27. The summed E-state index contributed by atoms with van der Waals surface area (Å²) < 4.78 is 23.9. The molecule has 1 aliphatic rings. The van der Waals surface area contributed by atoms with Gasteiger partial charge < -0.3 is 25.0 Å². The molecule has 0 radical (unpaired) electrons. The maximum atomic E-state index is 13.2. The van der Waals surface area contributed by atoms with Crippen molar-refractivity contribution in [3.8, 4) is 5.75 Å². The van der Waals surface area contributed by atoms with Crippen molar-refractivity contribution < 1.29 is 13.9 Å². The molecule has 2 heterocycles. The average Bonchev–Trinajstić information content (AvgIpc) is 2.76. The number of methoxy groups -OCH3 is 1. The number of morpholine rings is 1. The highest BCUT2D eigenvalue weighted by molar-refractivity contribution is 5.85. The Balaban J connectivity index is 0.00000256. The van der Waals surface area contributed by atoms with Gasteiger partial charge in [0.15, 0.2) is 0 Å². The topological polar surface area (TPSA) is 84.4 Å². The van der Waals surface area contributed by atoms with E-state index >= 15 is 0 Å². The van der Waals surface area contributed by atoms with Crippen LogP contribution >= 0.6 is 12.4 Å². The molecule has 0 saturated carbocycles. The minimum atomic E-state index is -0.305. The van der Waals surface area contributed by atoms with Crippen LogP contribution in [0.15, 0.2) is 48.5 Å². The highest BCUT2D eigenvalue weighted by Gasteiger charge is 2.17. The van der Waals surface area contributed by atoms with Crippen LogP contribution in [-0.2, 0) is 4.74 Å². The first-order chi connectivity index (χ1) is 14.2. The van der Waals surface area contributed by atoms with E-state index in [4.69, 9.17) is 9.47 Å². The average molecular weight is 433 g/mol. The Morgan fingerprint density at radius 1 is 0.933 bits per heavy atom. The highest BCUT2D eigenvalue weighted by atomic mass is 35.5. The Kier molecular flexibility index (Phi) is 7.21. The first-order valence-corrected chi connectivity index (χ1v) is 9.22. The van der Waals surface area contributed by atoms with Crippen LogP contribution in [0.1, 0.15) is 0 Å². The standard InChI is InChI=1S/C20H21FN6O2.ClH/c1-28-17-4-2-3-16(13-17)23-19-24-18(22-15-7-5-14(21)6-8-15)25-20(26-19)27-9-11-29-12-10-27;/h2-8,13H,9-12H2,1H3,(H2,22,23,24,25,26);1H. The number of rotatable bonds is 6. The van der Waals surface area contributed by atoms with Gasteiger partial charge >= 0.3 is 0 Å². The lowest BCUT2D eigenvalue weighted by Crippen LogP contribution is -2.37. The van der Waals surface area contributed by atoms with E-state index in [1.165, 1.54) is 12.1 Å². The summed E-state index contributed by atoms with van der Waals surface area (Å²) >= 11 is 0. The number of hydrogen-bond acceptors (Lipinski definition) is 8. The van der Waals surface area contributed by atoms with Gasteiger partial charge in [-0.25, -0.2) is 4.39 Å². The lowest BCUT2D eigenvalue weighted by molar-refractivity contribution is 0.122. The summed E-state index contributed by atoms with van der Waals surface area (Å²) in [7, 11) is 1.61. The van der Waals surface area contributed by atoms with Crippen molar-refractivity contribution in [2.75, 3.05) is 48.9 Å². The van der Waals surface area contributed by atoms with Gasteiger partial charge in [0.05, 0.1) is 20.3 Å². The van der Waals surface area contributed by atoms with E-state index < -0.39 is 0 Å². The Bertz CT molecular complexity index is 970. The number of nitrogens with zero attached hydrogens (tertiary/aromatic N) is 4. The molecule has 1 fully saturated rings. The predicted molar refractivity (Wildman–Crippen MR) is 116 cm³/mol. The molecule has 30 heavy (non-hydrogen) atoms. The molecule has 0 amide bonds. The minimum Gasteiger partial charge on any atom is -0.497 e. The van der Waals surface area contributed by atoms with Crippen LogP contribution in [0, 0.1) is 5.82 Å². The number of nitrogens with one attached hydrogen (secondary N) is 2. The molecule has 3 aromatic rings. The summed E-state index contributed by atoms with van der Waals surface area (Å²) in [6.45, 7) is 2.62. The third-order valence-corrected chi connectivity index (χ3v) is 4.34. The Morgan fingerprint density at radius 3 is 2.27 bits per heavy atom. The van der Waals surface area contributed by atoms with Crippen LogP contribution in [0.5, 0.6) is 5.75 Å². The van der Waals surface area contributed by atoms with Gasteiger partial charge in [-0.3, -0.25) is 0 Å². The molecule has 2 aromatic carbocycles. The quantitative estimate of drug-likeness (QED) is 0.609. The zero-order valence-electron chi connectivity index (χ0n) is 16.3. The normalized spacial score (nSPS) is 13.3. The van der Waals surface area contributed by atoms with Gasteiger partial charge in [-0.15, -0.1) is 12.4 Å². The fourth-order valence-corrected chi connectivity index (χ4v) is 2.87. The van der Waals surface area contributed by atoms with Gasteiger partial charge in [0.1, 0.15) is 11.6 Å². The van der Waals surface area contributed by atoms with E-state index in [0.717, 1.165) is 11.4 Å². The van der Waals surface area contributed by atoms with E-state index in [0.29, 0.717) is 49.8 Å². The molecular formula is C20H22ClFN6O2. The second kappa shape index (κ2) is 10.0. The molecule has 1 saturated heterocycles. The second-order valence-corrected chi connectivity index (χ2v) is 6.37. The molecule has 158 valence electrons. The number of hydrogen-bond donors (Lipinski definition) is 2. The summed E-state index contributed by atoms with van der Waals surface area (Å²) in [6.07, 6.45) is 0. The fraction of sp³-hybridized carbons (Fsp3) is 0.250. The van der Waals surface area contributed by atoms with Crippen molar-refractivity contribution in [1.29, 1.82) is 0 Å². The third-order valence-electron chi connectivity index (χ3n) is 4.34. The zero-order valence-corrected chi connectivity index (χ0v) is 17.2. The second-order valence-electron chi connectivity index (χ2n) is 6.37. The highest BCUT2D eigenvalue weighted by Crippen LogP contribution is 2.23. The van der Waals surface area contributed by atoms with Crippen LogP contribution < -0.4 is 20.3 Å². The Labute approximate surface area is 179 Å². The SMILES string of the molecule is COc1cccc(Nc2nc(Nc3ccc(F)cc3)nc(N3CCOCC3)n2)c1.Cl. The molecule has 0 aliphatic carbocycles. The molecule has 8 nitrogen and oxygen atoms in total. The first-order valence-electron chi connectivity index (χ1n) is 9.22. The van der Waals surface area contributed by atoms with Crippen LogP contribution in [0.2, 0.25) is 0 Å². The van der Waals surface area contributed by atoms with Gasteiger partial charge in [0.25, 0.3) is 0 Å².